The van der Waals surface area contributed by atoms with Crippen molar-refractivity contribution in [3.8, 4) is 0 Å². The first-order valence-corrected chi connectivity index (χ1v) is 7.93. The second-order valence-electron chi connectivity index (χ2n) is 5.95. The molecule has 2 heterocycles. The van der Waals surface area contributed by atoms with E-state index in [9.17, 15) is 19.8 Å². The average molecular weight is 332 g/mol. The zero-order valence-corrected chi connectivity index (χ0v) is 13.2. The van der Waals surface area contributed by atoms with Crippen LogP contribution in [-0.4, -0.2) is 62.6 Å². The summed E-state index contributed by atoms with van der Waals surface area (Å²) in [6.45, 7) is 0.451. The van der Waals surface area contributed by atoms with E-state index in [0.29, 0.717) is 42.9 Å². The highest BCUT2D eigenvalue weighted by Crippen LogP contribution is 2.30. The number of fused-ring (bicyclic) bond motifs is 1. The summed E-state index contributed by atoms with van der Waals surface area (Å²) < 4.78 is 0. The van der Waals surface area contributed by atoms with Crippen LogP contribution < -0.4 is 0 Å². The summed E-state index contributed by atoms with van der Waals surface area (Å²) in [5, 5.41) is 28.2. The Hall–Kier alpha value is -2.22. The third kappa shape index (κ3) is 2.82. The van der Waals surface area contributed by atoms with Gasteiger partial charge >= 0.3 is 0 Å². The van der Waals surface area contributed by atoms with Gasteiger partial charge in [0.1, 0.15) is 0 Å². The Labute approximate surface area is 138 Å². The van der Waals surface area contributed by atoms with Crippen molar-refractivity contribution in [1.82, 2.24) is 9.88 Å². The number of hydrogen-bond donors (Lipinski definition) is 4. The number of aliphatic hydroxyl groups is 3. The van der Waals surface area contributed by atoms with Crippen LogP contribution in [0.25, 0.3) is 6.08 Å². The molecular weight excluding hydrogens is 312 g/mol. The molecule has 0 amide bonds. The Balaban J connectivity index is 1.98. The molecule has 0 radical (unpaired) electrons. The van der Waals surface area contributed by atoms with Crippen LogP contribution in [0.3, 0.4) is 0 Å². The minimum Gasteiger partial charge on any atom is -0.393 e. The van der Waals surface area contributed by atoms with E-state index in [-0.39, 0.29) is 42.1 Å². The molecule has 0 aromatic carbocycles. The largest absolute Gasteiger partial charge is 0.393 e. The molecule has 0 bridgehead atoms. The Morgan fingerprint density at radius 1 is 1.25 bits per heavy atom. The van der Waals surface area contributed by atoms with Gasteiger partial charge < -0.3 is 25.2 Å². The topological polar surface area (TPSA) is 114 Å². The maximum atomic E-state index is 12.9. The predicted molar refractivity (Wildman–Crippen MR) is 86.4 cm³/mol. The minimum absolute atomic E-state index is 0.169. The summed E-state index contributed by atoms with van der Waals surface area (Å²) in [4.78, 5) is 30.0. The van der Waals surface area contributed by atoms with Crippen LogP contribution in [0, 0.1) is 0 Å². The van der Waals surface area contributed by atoms with Gasteiger partial charge in [-0.3, -0.25) is 9.59 Å². The molecule has 7 nitrogen and oxygen atoms in total. The average Bonchev–Trinajstić information content (AvgIpc) is 2.96. The van der Waals surface area contributed by atoms with Gasteiger partial charge in [0.2, 0.25) is 11.6 Å². The quantitative estimate of drug-likeness (QED) is 0.628. The van der Waals surface area contributed by atoms with Crippen LogP contribution in [0.15, 0.2) is 17.8 Å². The summed E-state index contributed by atoms with van der Waals surface area (Å²) in [6, 6.07) is 0. The Kier molecular flexibility index (Phi) is 4.66. The van der Waals surface area contributed by atoms with Crippen molar-refractivity contribution >= 4 is 17.6 Å². The molecule has 0 unspecified atom stereocenters. The van der Waals surface area contributed by atoms with Gasteiger partial charge in [-0.1, -0.05) is 6.08 Å². The van der Waals surface area contributed by atoms with Crippen molar-refractivity contribution in [2.24, 2.45) is 0 Å². The third-order valence-electron chi connectivity index (χ3n) is 4.46. The number of rotatable bonds is 4. The van der Waals surface area contributed by atoms with Crippen molar-refractivity contribution in [3.05, 3.63) is 40.4 Å². The normalized spacial score (nSPS) is 19.1. The van der Waals surface area contributed by atoms with Crippen molar-refractivity contribution in [3.63, 3.8) is 0 Å². The molecule has 7 heteroatoms. The number of aliphatic hydroxyl groups excluding tert-OH is 3. The van der Waals surface area contributed by atoms with E-state index < -0.39 is 0 Å². The molecule has 24 heavy (non-hydrogen) atoms. The smallest absolute Gasteiger partial charge is 0.211 e. The number of aromatic nitrogens is 1. The fourth-order valence-electron chi connectivity index (χ4n) is 3.20. The standard InChI is InChI=1S/C17H20N2O5/c20-7-1-2-12-11(9-21)15-16(18-12)14(23)8-13(17(15)24)19-5-3-10(22)4-6-19/h1-2,8,10,18,20-22H,3-7,9H2/b2-1+. The summed E-state index contributed by atoms with van der Waals surface area (Å²) in [5.74, 6) is -0.617. The third-order valence-corrected chi connectivity index (χ3v) is 4.46. The number of carbonyl (C=O) groups is 2. The van der Waals surface area contributed by atoms with E-state index in [1.807, 2.05) is 4.90 Å². The fraction of sp³-hybridized carbons (Fsp3) is 0.412. The van der Waals surface area contributed by atoms with Crippen molar-refractivity contribution in [2.45, 2.75) is 25.6 Å². The van der Waals surface area contributed by atoms with Gasteiger partial charge in [-0.15, -0.1) is 0 Å². The number of nitrogens with one attached hydrogen (secondary N) is 1. The summed E-state index contributed by atoms with van der Waals surface area (Å²) in [6.07, 6.45) is 5.06. The Morgan fingerprint density at radius 3 is 2.58 bits per heavy atom. The van der Waals surface area contributed by atoms with Gasteiger partial charge in [0.25, 0.3) is 0 Å². The number of ketones is 2. The Bertz CT molecular complexity index is 724. The zero-order valence-electron chi connectivity index (χ0n) is 13.2. The van der Waals surface area contributed by atoms with E-state index in [1.54, 1.807) is 6.08 Å². The van der Waals surface area contributed by atoms with E-state index in [4.69, 9.17) is 5.11 Å². The van der Waals surface area contributed by atoms with Crippen LogP contribution in [0.4, 0.5) is 0 Å². The van der Waals surface area contributed by atoms with Gasteiger partial charge in [-0.25, -0.2) is 0 Å². The summed E-state index contributed by atoms with van der Waals surface area (Å²) in [5.41, 5.74) is 1.48. The number of piperidine rings is 1. The molecule has 128 valence electrons. The van der Waals surface area contributed by atoms with Crippen LogP contribution >= 0.6 is 0 Å². The lowest BCUT2D eigenvalue weighted by atomic mass is 9.93. The molecule has 2 aliphatic rings. The highest BCUT2D eigenvalue weighted by Gasteiger charge is 2.34. The number of H-pyrrole nitrogens is 1. The number of allylic oxidation sites excluding steroid dienone is 2. The number of carbonyl (C=O) groups excluding carboxylic acids is 2. The van der Waals surface area contributed by atoms with E-state index in [2.05, 4.69) is 4.98 Å². The van der Waals surface area contributed by atoms with Crippen LogP contribution in [0.2, 0.25) is 0 Å². The van der Waals surface area contributed by atoms with Crippen molar-refractivity contribution < 1.29 is 24.9 Å². The molecular formula is C17H20N2O5. The second kappa shape index (κ2) is 6.72. The van der Waals surface area contributed by atoms with Crippen molar-refractivity contribution in [1.29, 1.82) is 0 Å². The highest BCUT2D eigenvalue weighted by atomic mass is 16.3. The minimum atomic E-state index is -0.387. The fourth-order valence-corrected chi connectivity index (χ4v) is 3.20. The maximum absolute atomic E-state index is 12.9. The number of hydrogen-bond acceptors (Lipinski definition) is 6. The predicted octanol–water partition coefficient (Wildman–Crippen LogP) is 0.232. The molecule has 0 saturated carbocycles. The maximum Gasteiger partial charge on any atom is 0.211 e. The van der Waals surface area contributed by atoms with Gasteiger partial charge in [0.15, 0.2) is 0 Å². The monoisotopic (exact) mass is 332 g/mol. The lowest BCUT2D eigenvalue weighted by Crippen LogP contribution is -2.39. The number of aromatic amines is 1. The van der Waals surface area contributed by atoms with Gasteiger partial charge in [-0.2, -0.15) is 0 Å². The molecule has 1 aliphatic heterocycles. The Morgan fingerprint density at radius 2 is 1.96 bits per heavy atom. The van der Waals surface area contributed by atoms with Gasteiger partial charge in [0.05, 0.1) is 36.3 Å². The molecule has 1 aromatic heterocycles. The van der Waals surface area contributed by atoms with Crippen LogP contribution in [0.5, 0.6) is 0 Å². The molecule has 1 fully saturated rings. The molecule has 0 atom stereocenters. The van der Waals surface area contributed by atoms with Gasteiger partial charge in [-0.05, 0) is 18.9 Å². The number of nitrogens with zero attached hydrogens (tertiary/aromatic N) is 1. The lowest BCUT2D eigenvalue weighted by Gasteiger charge is -2.33. The molecule has 1 aliphatic carbocycles. The first kappa shape index (κ1) is 16.6. The summed E-state index contributed by atoms with van der Waals surface area (Å²) in [7, 11) is 0. The molecule has 0 spiro atoms. The number of likely N-dealkylation sites (tertiary alicyclic amines) is 1. The zero-order chi connectivity index (χ0) is 17.3. The second-order valence-corrected chi connectivity index (χ2v) is 5.95. The highest BCUT2D eigenvalue weighted by molar-refractivity contribution is 6.24. The lowest BCUT2D eigenvalue weighted by molar-refractivity contribution is 0.0818. The van der Waals surface area contributed by atoms with Crippen LogP contribution in [-0.2, 0) is 6.61 Å². The van der Waals surface area contributed by atoms with E-state index >= 15 is 0 Å². The first-order chi connectivity index (χ1) is 11.6. The van der Waals surface area contributed by atoms with Crippen molar-refractivity contribution in [2.75, 3.05) is 19.7 Å². The van der Waals surface area contributed by atoms with E-state index in [0.717, 1.165) is 0 Å². The van der Waals surface area contributed by atoms with Gasteiger partial charge in [0, 0.05) is 30.4 Å². The van der Waals surface area contributed by atoms with Crippen LogP contribution in [0.1, 0.15) is 44.9 Å². The molecule has 3 rings (SSSR count). The first-order valence-electron chi connectivity index (χ1n) is 7.93. The molecule has 1 saturated heterocycles. The SMILES string of the molecule is O=C1C=C(N2CCC(O)CC2)C(=O)c2c1[nH]c(/C=C/CO)c2CO. The molecule has 4 N–H and O–H groups in total. The molecule has 1 aromatic rings. The van der Waals surface area contributed by atoms with E-state index in [1.165, 1.54) is 12.2 Å². The number of Topliss-reactive ketones (excluding diaryl/α,β-unsaturated/α-hetero) is 1. The summed E-state index contributed by atoms with van der Waals surface area (Å²) >= 11 is 0.